The van der Waals surface area contributed by atoms with Gasteiger partial charge in [-0.25, -0.2) is 0 Å². The van der Waals surface area contributed by atoms with Crippen molar-refractivity contribution in [2.75, 3.05) is 13.2 Å². The van der Waals surface area contributed by atoms with Gasteiger partial charge in [0.25, 0.3) is 5.91 Å². The molecule has 0 aliphatic carbocycles. The molecule has 1 heterocycles. The number of benzene rings is 1. The van der Waals surface area contributed by atoms with Gasteiger partial charge in [0.15, 0.2) is 0 Å². The summed E-state index contributed by atoms with van der Waals surface area (Å²) in [5.41, 5.74) is 1.89. The number of nitrogens with one attached hydrogen (secondary N) is 2. The number of carbonyl (C=O) groups is 1. The number of hydrogen-bond donors (Lipinski definition) is 3. The van der Waals surface area contributed by atoms with Crippen molar-refractivity contribution in [1.29, 1.82) is 0 Å². The highest BCUT2D eigenvalue weighted by Crippen LogP contribution is 2.22. The fourth-order valence-electron chi connectivity index (χ4n) is 1.56. The molecule has 2 rings (SSSR count). The average molecular weight is 266 g/mol. The maximum atomic E-state index is 11.8. The number of H-pyrrole nitrogens is 1. The number of aliphatic hydroxyl groups is 1. The number of aromatic amines is 1. The van der Waals surface area contributed by atoms with E-state index in [-0.39, 0.29) is 19.1 Å². The minimum Gasteiger partial charge on any atom is -0.395 e. The summed E-state index contributed by atoms with van der Waals surface area (Å²) in [7, 11) is 0. The fraction of sp³-hybridized carbons (Fsp3) is 0.167. The predicted octanol–water partition coefficient (Wildman–Crippen LogP) is 1.45. The Hall–Kier alpha value is -1.85. The van der Waals surface area contributed by atoms with Crippen LogP contribution in [0.3, 0.4) is 0 Å². The van der Waals surface area contributed by atoms with Crippen molar-refractivity contribution in [1.82, 2.24) is 15.5 Å². The lowest BCUT2D eigenvalue weighted by atomic mass is 10.1. The van der Waals surface area contributed by atoms with Gasteiger partial charge in [0, 0.05) is 17.1 Å². The molecule has 6 heteroatoms. The van der Waals surface area contributed by atoms with Crippen LogP contribution in [0.25, 0.3) is 11.3 Å². The van der Waals surface area contributed by atoms with Crippen LogP contribution in [0.5, 0.6) is 0 Å². The van der Waals surface area contributed by atoms with E-state index < -0.39 is 0 Å². The molecule has 0 aliphatic heterocycles. The predicted molar refractivity (Wildman–Crippen MR) is 68.5 cm³/mol. The lowest BCUT2D eigenvalue weighted by Crippen LogP contribution is -2.26. The van der Waals surface area contributed by atoms with Gasteiger partial charge >= 0.3 is 0 Å². The van der Waals surface area contributed by atoms with E-state index in [2.05, 4.69) is 15.5 Å². The Morgan fingerprint density at radius 1 is 1.39 bits per heavy atom. The Bertz CT molecular complexity index is 537. The van der Waals surface area contributed by atoms with Crippen LogP contribution in [0, 0.1) is 0 Å². The highest BCUT2D eigenvalue weighted by Gasteiger charge is 2.14. The van der Waals surface area contributed by atoms with E-state index in [1.165, 1.54) is 6.20 Å². The van der Waals surface area contributed by atoms with Crippen LogP contribution < -0.4 is 5.32 Å². The molecule has 0 fully saturated rings. The first kappa shape index (κ1) is 12.6. The summed E-state index contributed by atoms with van der Waals surface area (Å²) in [5, 5.41) is 18.5. The van der Waals surface area contributed by atoms with Gasteiger partial charge < -0.3 is 10.4 Å². The Morgan fingerprint density at radius 2 is 2.11 bits per heavy atom. The Labute approximate surface area is 109 Å². The molecule has 18 heavy (non-hydrogen) atoms. The topological polar surface area (TPSA) is 78.0 Å². The Balaban J connectivity index is 2.27. The van der Waals surface area contributed by atoms with E-state index in [4.69, 9.17) is 16.7 Å². The van der Waals surface area contributed by atoms with Crippen LogP contribution in [0.2, 0.25) is 5.02 Å². The molecule has 0 bridgehead atoms. The molecular formula is C12H12ClN3O2. The molecule has 0 atom stereocenters. The van der Waals surface area contributed by atoms with Crippen molar-refractivity contribution in [2.24, 2.45) is 0 Å². The summed E-state index contributed by atoms with van der Waals surface area (Å²) in [5.74, 6) is -0.275. The maximum Gasteiger partial charge on any atom is 0.255 e. The second-order valence-electron chi connectivity index (χ2n) is 3.65. The van der Waals surface area contributed by atoms with Crippen LogP contribution >= 0.6 is 11.6 Å². The molecule has 5 nitrogen and oxygen atoms in total. The zero-order chi connectivity index (χ0) is 13.0. The maximum absolute atomic E-state index is 11.8. The lowest BCUT2D eigenvalue weighted by molar-refractivity contribution is 0.0945. The minimum absolute atomic E-state index is 0.0974. The normalized spacial score (nSPS) is 10.3. The number of carbonyl (C=O) groups excluding carboxylic acids is 1. The molecule has 0 saturated heterocycles. The minimum atomic E-state index is -0.275. The number of nitrogens with zero attached hydrogens (tertiary/aromatic N) is 1. The molecule has 0 radical (unpaired) electrons. The average Bonchev–Trinajstić information content (AvgIpc) is 2.86. The van der Waals surface area contributed by atoms with E-state index in [9.17, 15) is 4.79 Å². The summed E-state index contributed by atoms with van der Waals surface area (Å²) in [4.78, 5) is 11.8. The standard InChI is InChI=1S/C12H12ClN3O2/c13-9-3-1-8(2-4-9)11-10(7-15-16-11)12(18)14-5-6-17/h1-4,7,17H,5-6H2,(H,14,18)(H,15,16). The monoisotopic (exact) mass is 265 g/mol. The van der Waals surface area contributed by atoms with Crippen LogP contribution in [0.4, 0.5) is 0 Å². The van der Waals surface area contributed by atoms with E-state index in [0.717, 1.165) is 5.56 Å². The van der Waals surface area contributed by atoms with Crippen LogP contribution in [0.15, 0.2) is 30.5 Å². The third-order valence-electron chi connectivity index (χ3n) is 2.41. The summed E-state index contributed by atoms with van der Waals surface area (Å²) < 4.78 is 0. The van der Waals surface area contributed by atoms with Gasteiger partial charge in [-0.3, -0.25) is 9.89 Å². The van der Waals surface area contributed by atoms with Gasteiger partial charge in [-0.1, -0.05) is 23.7 Å². The van der Waals surface area contributed by atoms with Gasteiger partial charge in [0.05, 0.1) is 24.1 Å². The Kier molecular flexibility index (Phi) is 3.96. The molecule has 0 spiro atoms. The van der Waals surface area contributed by atoms with Crippen LogP contribution in [0.1, 0.15) is 10.4 Å². The van der Waals surface area contributed by atoms with Crippen LogP contribution in [-0.4, -0.2) is 34.4 Å². The van der Waals surface area contributed by atoms with Crippen molar-refractivity contribution in [2.45, 2.75) is 0 Å². The summed E-state index contributed by atoms with van der Waals surface area (Å²) >= 11 is 5.81. The van der Waals surface area contributed by atoms with E-state index in [0.29, 0.717) is 16.3 Å². The highest BCUT2D eigenvalue weighted by atomic mass is 35.5. The van der Waals surface area contributed by atoms with E-state index >= 15 is 0 Å². The summed E-state index contributed by atoms with van der Waals surface area (Å²) in [6, 6.07) is 7.09. The van der Waals surface area contributed by atoms with Crippen molar-refractivity contribution >= 4 is 17.5 Å². The quantitative estimate of drug-likeness (QED) is 0.783. The third kappa shape index (κ3) is 2.69. The second-order valence-corrected chi connectivity index (χ2v) is 4.08. The first-order valence-electron chi connectivity index (χ1n) is 5.40. The van der Waals surface area contributed by atoms with Crippen molar-refractivity contribution in [3.63, 3.8) is 0 Å². The number of amides is 1. The van der Waals surface area contributed by atoms with E-state index in [1.807, 2.05) is 0 Å². The molecule has 1 aromatic carbocycles. The van der Waals surface area contributed by atoms with Crippen molar-refractivity contribution in [3.8, 4) is 11.3 Å². The molecule has 0 aliphatic rings. The largest absolute Gasteiger partial charge is 0.395 e. The zero-order valence-corrected chi connectivity index (χ0v) is 10.2. The van der Waals surface area contributed by atoms with Gasteiger partial charge in [0.1, 0.15) is 0 Å². The molecule has 1 aromatic heterocycles. The number of hydrogen-bond acceptors (Lipinski definition) is 3. The highest BCUT2D eigenvalue weighted by molar-refractivity contribution is 6.30. The molecule has 3 N–H and O–H groups in total. The summed E-state index contributed by atoms with van der Waals surface area (Å²) in [6.45, 7) is 0.115. The van der Waals surface area contributed by atoms with Gasteiger partial charge in [0.2, 0.25) is 0 Å². The SMILES string of the molecule is O=C(NCCO)c1cn[nH]c1-c1ccc(Cl)cc1. The number of aromatic nitrogens is 2. The molecule has 2 aromatic rings. The van der Waals surface area contributed by atoms with Gasteiger partial charge in [-0.2, -0.15) is 5.10 Å². The number of aliphatic hydroxyl groups excluding tert-OH is 1. The van der Waals surface area contributed by atoms with Crippen molar-refractivity contribution in [3.05, 3.63) is 41.0 Å². The smallest absolute Gasteiger partial charge is 0.255 e. The second kappa shape index (κ2) is 5.66. The molecule has 0 saturated carbocycles. The first-order valence-corrected chi connectivity index (χ1v) is 5.78. The van der Waals surface area contributed by atoms with Gasteiger partial charge in [-0.15, -0.1) is 0 Å². The molecule has 0 unspecified atom stereocenters. The van der Waals surface area contributed by atoms with Crippen molar-refractivity contribution < 1.29 is 9.90 Å². The molecular weight excluding hydrogens is 254 g/mol. The first-order chi connectivity index (χ1) is 8.72. The fourth-order valence-corrected chi connectivity index (χ4v) is 1.69. The van der Waals surface area contributed by atoms with Crippen LogP contribution in [-0.2, 0) is 0 Å². The number of rotatable bonds is 4. The Morgan fingerprint density at radius 3 is 2.78 bits per heavy atom. The third-order valence-corrected chi connectivity index (χ3v) is 2.67. The van der Waals surface area contributed by atoms with E-state index in [1.54, 1.807) is 24.3 Å². The zero-order valence-electron chi connectivity index (χ0n) is 9.48. The summed E-state index contributed by atoms with van der Waals surface area (Å²) in [6.07, 6.45) is 1.46. The molecule has 94 valence electrons. The number of halogens is 1. The lowest BCUT2D eigenvalue weighted by Gasteiger charge is -2.04. The van der Waals surface area contributed by atoms with Gasteiger partial charge in [-0.05, 0) is 12.1 Å². The molecule has 1 amide bonds.